The van der Waals surface area contributed by atoms with Crippen molar-refractivity contribution in [2.24, 2.45) is 5.73 Å². The van der Waals surface area contributed by atoms with Crippen LogP contribution in [0.5, 0.6) is 0 Å². The summed E-state index contributed by atoms with van der Waals surface area (Å²) in [7, 11) is 0. The molecule has 0 fully saturated rings. The van der Waals surface area contributed by atoms with Gasteiger partial charge < -0.3 is 15.6 Å². The Bertz CT molecular complexity index is 1090. The number of hydrogen-bond donors (Lipinski definition) is 2. The van der Waals surface area contributed by atoms with Crippen LogP contribution in [0.2, 0.25) is 0 Å². The zero-order valence-electron chi connectivity index (χ0n) is 14.1. The third-order valence-corrected chi connectivity index (χ3v) is 4.44. The lowest BCUT2D eigenvalue weighted by molar-refractivity contribution is -0.118. The molecule has 2 amide bonds. The van der Waals surface area contributed by atoms with Crippen molar-refractivity contribution in [2.45, 2.75) is 6.54 Å². The average Bonchev–Trinajstić information content (AvgIpc) is 2.98. The van der Waals surface area contributed by atoms with E-state index in [4.69, 9.17) is 5.73 Å². The van der Waals surface area contributed by atoms with Crippen LogP contribution in [0, 0.1) is 11.3 Å². The van der Waals surface area contributed by atoms with Gasteiger partial charge in [-0.25, -0.2) is 0 Å². The fourth-order valence-corrected chi connectivity index (χ4v) is 2.99. The van der Waals surface area contributed by atoms with Gasteiger partial charge in [0.2, 0.25) is 5.91 Å². The minimum atomic E-state index is -0.508. The van der Waals surface area contributed by atoms with E-state index in [9.17, 15) is 14.9 Å². The quantitative estimate of drug-likeness (QED) is 0.486. The number of para-hydroxylation sites is 1. The van der Waals surface area contributed by atoms with E-state index in [1.54, 1.807) is 35.0 Å². The first-order valence-corrected chi connectivity index (χ1v) is 8.82. The van der Waals surface area contributed by atoms with Crippen molar-refractivity contribution in [3.63, 3.8) is 0 Å². The van der Waals surface area contributed by atoms with Crippen molar-refractivity contribution < 1.29 is 9.59 Å². The van der Waals surface area contributed by atoms with Gasteiger partial charge >= 0.3 is 0 Å². The summed E-state index contributed by atoms with van der Waals surface area (Å²) in [5.41, 5.74) is 7.30. The summed E-state index contributed by atoms with van der Waals surface area (Å²) in [6.07, 6.45) is 3.22. The van der Waals surface area contributed by atoms with Crippen LogP contribution in [0.1, 0.15) is 5.56 Å². The summed E-state index contributed by atoms with van der Waals surface area (Å²) in [5.74, 6) is -0.980. The number of halogens is 1. The van der Waals surface area contributed by atoms with E-state index in [2.05, 4.69) is 21.2 Å². The number of carbonyl (C=O) groups excluding carboxylic acids is 2. The number of nitriles is 1. The molecule has 0 aliphatic heterocycles. The molecule has 0 radical (unpaired) electrons. The summed E-state index contributed by atoms with van der Waals surface area (Å²) >= 11 is 3.33. The van der Waals surface area contributed by atoms with Crippen LogP contribution in [0.3, 0.4) is 0 Å². The Labute approximate surface area is 164 Å². The number of benzene rings is 2. The molecule has 1 heterocycles. The molecule has 0 unspecified atom stereocenters. The van der Waals surface area contributed by atoms with Crippen molar-refractivity contribution in [1.29, 1.82) is 5.26 Å². The Hall–Kier alpha value is -3.37. The van der Waals surface area contributed by atoms with E-state index in [1.807, 2.05) is 30.3 Å². The van der Waals surface area contributed by atoms with Gasteiger partial charge in [0.05, 0.1) is 0 Å². The Morgan fingerprint density at radius 1 is 1.19 bits per heavy atom. The molecule has 0 spiro atoms. The van der Waals surface area contributed by atoms with Crippen molar-refractivity contribution in [2.75, 3.05) is 5.32 Å². The van der Waals surface area contributed by atoms with Crippen LogP contribution in [-0.4, -0.2) is 16.4 Å². The van der Waals surface area contributed by atoms with Crippen LogP contribution in [0.15, 0.2) is 64.8 Å². The second-order valence-electron chi connectivity index (χ2n) is 5.83. The second-order valence-corrected chi connectivity index (χ2v) is 6.74. The highest BCUT2D eigenvalue weighted by atomic mass is 79.9. The molecule has 27 heavy (non-hydrogen) atoms. The van der Waals surface area contributed by atoms with E-state index in [-0.39, 0.29) is 12.1 Å². The van der Waals surface area contributed by atoms with E-state index in [0.717, 1.165) is 15.4 Å². The maximum Gasteiger partial charge on any atom is 0.266 e. The first kappa shape index (κ1) is 18.4. The lowest BCUT2D eigenvalue weighted by atomic mass is 10.1. The molecule has 0 aliphatic carbocycles. The SMILES string of the molecule is N#CC(=Cc1cn(CC(N)=O)c2ccccc12)C(=O)Nc1ccc(Br)cc1. The Balaban J connectivity index is 1.95. The molecular formula is C20H15BrN4O2. The molecule has 0 saturated carbocycles. The number of anilines is 1. The number of fused-ring (bicyclic) bond motifs is 1. The van der Waals surface area contributed by atoms with Gasteiger partial charge in [0, 0.05) is 32.8 Å². The van der Waals surface area contributed by atoms with Crippen molar-refractivity contribution in [1.82, 2.24) is 4.57 Å². The predicted molar refractivity (Wildman–Crippen MR) is 107 cm³/mol. The highest BCUT2D eigenvalue weighted by Crippen LogP contribution is 2.24. The predicted octanol–water partition coefficient (Wildman–Crippen LogP) is 3.43. The molecule has 0 aliphatic rings. The van der Waals surface area contributed by atoms with Crippen LogP contribution in [0.4, 0.5) is 5.69 Å². The standard InChI is InChI=1S/C20H15BrN4O2/c21-15-5-7-16(8-6-15)24-20(27)13(10-22)9-14-11-25(12-19(23)26)18-4-2-1-3-17(14)18/h1-9,11H,12H2,(H2,23,26)(H,24,27). The average molecular weight is 423 g/mol. The number of nitrogens with zero attached hydrogens (tertiary/aromatic N) is 2. The molecule has 3 aromatic rings. The minimum Gasteiger partial charge on any atom is -0.368 e. The maximum atomic E-state index is 12.5. The lowest BCUT2D eigenvalue weighted by Crippen LogP contribution is -2.17. The largest absolute Gasteiger partial charge is 0.368 e. The van der Waals surface area contributed by atoms with Crippen LogP contribution in [0.25, 0.3) is 17.0 Å². The van der Waals surface area contributed by atoms with Gasteiger partial charge in [-0.2, -0.15) is 5.26 Å². The molecule has 0 saturated heterocycles. The van der Waals surface area contributed by atoms with E-state index >= 15 is 0 Å². The van der Waals surface area contributed by atoms with E-state index in [0.29, 0.717) is 11.3 Å². The number of aromatic nitrogens is 1. The van der Waals surface area contributed by atoms with Crippen LogP contribution < -0.4 is 11.1 Å². The molecule has 3 rings (SSSR count). The van der Waals surface area contributed by atoms with Gasteiger partial charge in [0.15, 0.2) is 0 Å². The summed E-state index contributed by atoms with van der Waals surface area (Å²) < 4.78 is 2.59. The third-order valence-electron chi connectivity index (χ3n) is 3.91. The molecule has 134 valence electrons. The van der Waals surface area contributed by atoms with Crippen molar-refractivity contribution in [3.8, 4) is 6.07 Å². The van der Waals surface area contributed by atoms with Gasteiger partial charge in [-0.3, -0.25) is 9.59 Å². The molecule has 0 bridgehead atoms. The number of carbonyl (C=O) groups is 2. The molecule has 0 atom stereocenters. The maximum absolute atomic E-state index is 12.5. The number of nitrogens with two attached hydrogens (primary N) is 1. The smallest absolute Gasteiger partial charge is 0.266 e. The molecular weight excluding hydrogens is 408 g/mol. The topological polar surface area (TPSA) is 101 Å². The fourth-order valence-electron chi connectivity index (χ4n) is 2.72. The number of hydrogen-bond acceptors (Lipinski definition) is 3. The number of amides is 2. The molecule has 2 aromatic carbocycles. The van der Waals surface area contributed by atoms with E-state index in [1.165, 1.54) is 6.08 Å². The Morgan fingerprint density at radius 2 is 1.89 bits per heavy atom. The van der Waals surface area contributed by atoms with Crippen LogP contribution in [-0.2, 0) is 16.1 Å². The molecule has 1 aromatic heterocycles. The monoisotopic (exact) mass is 422 g/mol. The molecule has 7 heteroatoms. The fraction of sp³-hybridized carbons (Fsp3) is 0.0500. The van der Waals surface area contributed by atoms with Gasteiger partial charge in [0.1, 0.15) is 18.2 Å². The van der Waals surface area contributed by atoms with Crippen molar-refractivity contribution in [3.05, 3.63) is 70.3 Å². The minimum absolute atomic E-state index is 0.0152. The normalized spacial score (nSPS) is 11.2. The Kier molecular flexibility index (Phi) is 5.38. The lowest BCUT2D eigenvalue weighted by Gasteiger charge is -2.04. The van der Waals surface area contributed by atoms with E-state index < -0.39 is 11.8 Å². The zero-order chi connectivity index (χ0) is 19.4. The number of rotatable bonds is 5. The molecule has 6 nitrogen and oxygen atoms in total. The highest BCUT2D eigenvalue weighted by molar-refractivity contribution is 9.10. The molecule has 3 N–H and O–H groups in total. The van der Waals surface area contributed by atoms with Gasteiger partial charge in [0.25, 0.3) is 5.91 Å². The zero-order valence-corrected chi connectivity index (χ0v) is 15.7. The second kappa shape index (κ2) is 7.89. The number of nitrogens with one attached hydrogen (secondary N) is 1. The Morgan fingerprint density at radius 3 is 2.56 bits per heavy atom. The third kappa shape index (κ3) is 4.25. The summed E-state index contributed by atoms with van der Waals surface area (Å²) in [4.78, 5) is 23.8. The van der Waals surface area contributed by atoms with Gasteiger partial charge in [-0.1, -0.05) is 34.1 Å². The first-order valence-electron chi connectivity index (χ1n) is 8.03. The first-order chi connectivity index (χ1) is 13.0. The van der Waals surface area contributed by atoms with Gasteiger partial charge in [-0.05, 0) is 36.4 Å². The van der Waals surface area contributed by atoms with Gasteiger partial charge in [-0.15, -0.1) is 0 Å². The summed E-state index contributed by atoms with van der Waals surface area (Å²) in [6, 6.07) is 16.4. The number of primary amides is 1. The summed E-state index contributed by atoms with van der Waals surface area (Å²) in [6.45, 7) is 0.0152. The van der Waals surface area contributed by atoms with Crippen LogP contribution >= 0.6 is 15.9 Å². The highest BCUT2D eigenvalue weighted by Gasteiger charge is 2.13. The van der Waals surface area contributed by atoms with Crippen molar-refractivity contribution >= 4 is 50.4 Å². The summed E-state index contributed by atoms with van der Waals surface area (Å²) in [5, 5.41) is 13.0.